The van der Waals surface area contributed by atoms with Crippen molar-refractivity contribution in [3.05, 3.63) is 34.3 Å². The Morgan fingerprint density at radius 3 is 2.52 bits per heavy atom. The van der Waals surface area contributed by atoms with Crippen molar-refractivity contribution in [2.45, 2.75) is 18.3 Å². The molecule has 1 saturated carbocycles. The Bertz CT molecular complexity index is 493. The van der Waals surface area contributed by atoms with Crippen molar-refractivity contribution in [2.75, 3.05) is 39.3 Å². The summed E-state index contributed by atoms with van der Waals surface area (Å²) in [6, 6.07) is 8.16. The van der Waals surface area contributed by atoms with Gasteiger partial charge in [-0.2, -0.15) is 0 Å². The van der Waals surface area contributed by atoms with Crippen molar-refractivity contribution in [3.63, 3.8) is 0 Å². The number of benzene rings is 1. The summed E-state index contributed by atoms with van der Waals surface area (Å²) in [5, 5.41) is 6.47. The first-order valence-corrected chi connectivity index (χ1v) is 8.47. The molecule has 1 saturated heterocycles. The molecule has 1 aliphatic heterocycles. The molecule has 1 aromatic rings. The zero-order chi connectivity index (χ0) is 14.7. The summed E-state index contributed by atoms with van der Waals surface area (Å²) in [7, 11) is 0. The van der Waals surface area contributed by atoms with E-state index < -0.39 is 0 Å². The summed E-state index contributed by atoms with van der Waals surface area (Å²) in [4.78, 5) is 14.9. The van der Waals surface area contributed by atoms with E-state index in [0.29, 0.717) is 0 Å². The summed E-state index contributed by atoms with van der Waals surface area (Å²) < 4.78 is 1.06. The minimum absolute atomic E-state index is 0.194. The average Bonchev–Trinajstić information content (AvgIpc) is 3.31. The maximum atomic E-state index is 12.5. The molecule has 0 atom stereocenters. The molecule has 1 aromatic carbocycles. The van der Waals surface area contributed by atoms with Gasteiger partial charge in [0.1, 0.15) is 0 Å². The van der Waals surface area contributed by atoms with Crippen molar-refractivity contribution in [2.24, 2.45) is 0 Å². The lowest BCUT2D eigenvalue weighted by atomic mass is 9.95. The molecular weight excluding hydrogens is 330 g/mol. The highest BCUT2D eigenvalue weighted by molar-refractivity contribution is 9.10. The summed E-state index contributed by atoms with van der Waals surface area (Å²) in [5.74, 6) is 0.194. The van der Waals surface area contributed by atoms with Crippen LogP contribution < -0.4 is 10.6 Å². The monoisotopic (exact) mass is 351 g/mol. The normalized spacial score (nSPS) is 21.0. The van der Waals surface area contributed by atoms with Crippen LogP contribution in [-0.2, 0) is 10.2 Å². The topological polar surface area (TPSA) is 44.4 Å². The Kier molecular flexibility index (Phi) is 4.62. The molecule has 21 heavy (non-hydrogen) atoms. The number of rotatable bonds is 5. The third kappa shape index (κ3) is 3.47. The van der Waals surface area contributed by atoms with Crippen LogP contribution in [0.3, 0.4) is 0 Å². The van der Waals surface area contributed by atoms with Gasteiger partial charge in [-0.25, -0.2) is 0 Å². The standard InChI is InChI=1S/C16H22BrN3O/c17-14-3-1-13(2-4-14)16(5-6-16)15(21)19-9-12-20-10-7-18-8-11-20/h1-4,18H,5-12H2,(H,19,21). The van der Waals surface area contributed by atoms with Gasteiger partial charge in [0.05, 0.1) is 5.41 Å². The molecule has 0 spiro atoms. The van der Waals surface area contributed by atoms with Crippen molar-refractivity contribution in [1.29, 1.82) is 0 Å². The lowest BCUT2D eigenvalue weighted by Gasteiger charge is -2.27. The van der Waals surface area contributed by atoms with E-state index in [1.807, 2.05) is 12.1 Å². The van der Waals surface area contributed by atoms with E-state index >= 15 is 0 Å². The number of amides is 1. The van der Waals surface area contributed by atoms with E-state index in [0.717, 1.165) is 62.1 Å². The largest absolute Gasteiger partial charge is 0.354 e. The minimum atomic E-state index is -0.260. The Morgan fingerprint density at radius 1 is 1.24 bits per heavy atom. The summed E-state index contributed by atoms with van der Waals surface area (Å²) in [6.45, 7) is 5.95. The lowest BCUT2D eigenvalue weighted by Crippen LogP contribution is -2.47. The Balaban J connectivity index is 1.51. The summed E-state index contributed by atoms with van der Waals surface area (Å²) in [5.41, 5.74) is 0.884. The van der Waals surface area contributed by atoms with Crippen LogP contribution in [0.25, 0.3) is 0 Å². The van der Waals surface area contributed by atoms with Crippen LogP contribution in [0.15, 0.2) is 28.7 Å². The molecule has 2 fully saturated rings. The minimum Gasteiger partial charge on any atom is -0.354 e. The quantitative estimate of drug-likeness (QED) is 0.844. The van der Waals surface area contributed by atoms with E-state index in [1.165, 1.54) is 0 Å². The predicted octanol–water partition coefficient (Wildman–Crippen LogP) is 1.50. The maximum Gasteiger partial charge on any atom is 0.230 e. The second-order valence-electron chi connectivity index (χ2n) is 5.94. The number of hydrogen-bond acceptors (Lipinski definition) is 3. The number of carbonyl (C=O) groups excluding carboxylic acids is 1. The van der Waals surface area contributed by atoms with Crippen LogP contribution in [0.1, 0.15) is 18.4 Å². The number of nitrogens with one attached hydrogen (secondary N) is 2. The van der Waals surface area contributed by atoms with E-state index in [-0.39, 0.29) is 11.3 Å². The second-order valence-corrected chi connectivity index (χ2v) is 6.85. The van der Waals surface area contributed by atoms with E-state index in [2.05, 4.69) is 43.6 Å². The summed E-state index contributed by atoms with van der Waals surface area (Å²) in [6.07, 6.45) is 1.93. The van der Waals surface area contributed by atoms with Crippen molar-refractivity contribution in [3.8, 4) is 0 Å². The molecular formula is C16H22BrN3O. The molecule has 0 radical (unpaired) electrons. The van der Waals surface area contributed by atoms with Crippen LogP contribution in [-0.4, -0.2) is 50.1 Å². The molecule has 0 aromatic heterocycles. The van der Waals surface area contributed by atoms with Gasteiger partial charge in [0.25, 0.3) is 0 Å². The maximum absolute atomic E-state index is 12.5. The van der Waals surface area contributed by atoms with Crippen LogP contribution in [0.4, 0.5) is 0 Å². The van der Waals surface area contributed by atoms with E-state index in [9.17, 15) is 4.79 Å². The Hall–Kier alpha value is -0.910. The average molecular weight is 352 g/mol. The van der Waals surface area contributed by atoms with Gasteiger partial charge in [0.15, 0.2) is 0 Å². The molecule has 3 rings (SSSR count). The first kappa shape index (κ1) is 15.0. The van der Waals surface area contributed by atoms with Gasteiger partial charge < -0.3 is 10.6 Å². The van der Waals surface area contributed by atoms with Crippen LogP contribution in [0, 0.1) is 0 Å². The van der Waals surface area contributed by atoms with Gasteiger partial charge in [-0.05, 0) is 30.5 Å². The first-order chi connectivity index (χ1) is 10.2. The number of piperazine rings is 1. The lowest BCUT2D eigenvalue weighted by molar-refractivity contribution is -0.123. The van der Waals surface area contributed by atoms with Gasteiger partial charge in [0.2, 0.25) is 5.91 Å². The SMILES string of the molecule is O=C(NCCN1CCNCC1)C1(c2ccc(Br)cc2)CC1. The zero-order valence-electron chi connectivity index (χ0n) is 12.2. The van der Waals surface area contributed by atoms with Crippen molar-refractivity contribution < 1.29 is 4.79 Å². The van der Waals surface area contributed by atoms with Crippen LogP contribution >= 0.6 is 15.9 Å². The second kappa shape index (κ2) is 6.46. The highest BCUT2D eigenvalue weighted by atomic mass is 79.9. The molecule has 5 heteroatoms. The van der Waals surface area contributed by atoms with Gasteiger partial charge >= 0.3 is 0 Å². The van der Waals surface area contributed by atoms with Gasteiger partial charge in [-0.3, -0.25) is 9.69 Å². The number of halogens is 1. The molecule has 2 N–H and O–H groups in total. The molecule has 1 amide bonds. The number of nitrogens with zero attached hydrogens (tertiary/aromatic N) is 1. The van der Waals surface area contributed by atoms with Gasteiger partial charge in [0, 0.05) is 43.7 Å². The third-order valence-electron chi connectivity index (χ3n) is 4.50. The fourth-order valence-corrected chi connectivity index (χ4v) is 3.24. The van der Waals surface area contributed by atoms with Crippen molar-refractivity contribution in [1.82, 2.24) is 15.5 Å². The first-order valence-electron chi connectivity index (χ1n) is 7.68. The fourth-order valence-electron chi connectivity index (χ4n) is 2.97. The Morgan fingerprint density at radius 2 is 1.90 bits per heavy atom. The number of carbonyl (C=O) groups is 1. The van der Waals surface area contributed by atoms with Gasteiger partial charge in [-0.15, -0.1) is 0 Å². The van der Waals surface area contributed by atoms with Gasteiger partial charge in [-0.1, -0.05) is 28.1 Å². The predicted molar refractivity (Wildman–Crippen MR) is 87.4 cm³/mol. The highest BCUT2D eigenvalue weighted by Gasteiger charge is 2.50. The van der Waals surface area contributed by atoms with Crippen LogP contribution in [0.5, 0.6) is 0 Å². The van der Waals surface area contributed by atoms with Crippen molar-refractivity contribution >= 4 is 21.8 Å². The molecule has 2 aliphatic rings. The molecule has 0 bridgehead atoms. The highest BCUT2D eigenvalue weighted by Crippen LogP contribution is 2.48. The van der Waals surface area contributed by atoms with Crippen LogP contribution in [0.2, 0.25) is 0 Å². The molecule has 4 nitrogen and oxygen atoms in total. The molecule has 0 unspecified atom stereocenters. The fraction of sp³-hybridized carbons (Fsp3) is 0.562. The number of hydrogen-bond donors (Lipinski definition) is 2. The molecule has 1 aliphatic carbocycles. The summed E-state index contributed by atoms with van der Waals surface area (Å²) >= 11 is 3.44. The molecule has 1 heterocycles. The smallest absolute Gasteiger partial charge is 0.230 e. The van der Waals surface area contributed by atoms with E-state index in [1.54, 1.807) is 0 Å². The zero-order valence-corrected chi connectivity index (χ0v) is 13.8. The molecule has 114 valence electrons. The Labute approximate surface area is 134 Å². The van der Waals surface area contributed by atoms with E-state index in [4.69, 9.17) is 0 Å². The third-order valence-corrected chi connectivity index (χ3v) is 5.03.